The van der Waals surface area contributed by atoms with Crippen molar-refractivity contribution >= 4 is 11.8 Å². The number of hydrogen-bond acceptors (Lipinski definition) is 4. The predicted molar refractivity (Wildman–Crippen MR) is 81.3 cm³/mol. The molecule has 1 saturated heterocycles. The molecular weight excluding hydrogens is 284 g/mol. The van der Waals surface area contributed by atoms with Crippen molar-refractivity contribution in [2.24, 2.45) is 0 Å². The summed E-state index contributed by atoms with van der Waals surface area (Å²) in [6.07, 6.45) is 0. The molecule has 1 aliphatic heterocycles. The fourth-order valence-corrected chi connectivity index (χ4v) is 2.64. The minimum Gasteiger partial charge on any atom is -0.362 e. The highest BCUT2D eigenvalue weighted by atomic mass is 16.5. The maximum atomic E-state index is 12.4. The zero-order valence-electron chi connectivity index (χ0n) is 13.7. The Morgan fingerprint density at radius 3 is 2.77 bits per heavy atom. The van der Waals surface area contributed by atoms with Gasteiger partial charge in [0.15, 0.2) is 5.60 Å². The smallest absolute Gasteiger partial charge is 0.253 e. The monoisotopic (exact) mass is 308 g/mol. The predicted octanol–water partition coefficient (Wildman–Crippen LogP) is 0.254. The van der Waals surface area contributed by atoms with Gasteiger partial charge in [-0.2, -0.15) is 5.10 Å². The molecule has 1 aromatic rings. The summed E-state index contributed by atoms with van der Waals surface area (Å²) in [6.45, 7) is 9.43. The number of aromatic nitrogens is 2. The lowest BCUT2D eigenvalue weighted by Crippen LogP contribution is -2.59. The Labute approximate surface area is 130 Å². The molecule has 1 atom stereocenters. The number of amides is 2. The molecule has 7 nitrogen and oxygen atoms in total. The summed E-state index contributed by atoms with van der Waals surface area (Å²) < 4.78 is 7.47. The van der Waals surface area contributed by atoms with Gasteiger partial charge in [0.05, 0.1) is 25.4 Å². The van der Waals surface area contributed by atoms with E-state index < -0.39 is 5.60 Å². The first-order valence-electron chi connectivity index (χ1n) is 7.51. The van der Waals surface area contributed by atoms with Crippen LogP contribution in [0.2, 0.25) is 0 Å². The average Bonchev–Trinajstić information content (AvgIpc) is 2.77. The van der Waals surface area contributed by atoms with Gasteiger partial charge in [0.1, 0.15) is 0 Å². The van der Waals surface area contributed by atoms with Gasteiger partial charge in [-0.25, -0.2) is 0 Å². The highest BCUT2D eigenvalue weighted by Crippen LogP contribution is 2.18. The van der Waals surface area contributed by atoms with Gasteiger partial charge in [-0.3, -0.25) is 14.3 Å². The Morgan fingerprint density at radius 1 is 1.45 bits per heavy atom. The first-order valence-corrected chi connectivity index (χ1v) is 7.51. The van der Waals surface area contributed by atoms with Crippen LogP contribution in [0.25, 0.3) is 0 Å². The van der Waals surface area contributed by atoms with Gasteiger partial charge in [0.2, 0.25) is 5.91 Å². The Morgan fingerprint density at radius 2 is 2.18 bits per heavy atom. The van der Waals surface area contributed by atoms with Crippen molar-refractivity contribution in [2.75, 3.05) is 26.2 Å². The maximum Gasteiger partial charge on any atom is 0.253 e. The van der Waals surface area contributed by atoms with Crippen molar-refractivity contribution in [3.63, 3.8) is 0 Å². The van der Waals surface area contributed by atoms with Crippen LogP contribution in [0, 0.1) is 13.8 Å². The van der Waals surface area contributed by atoms with E-state index >= 15 is 0 Å². The van der Waals surface area contributed by atoms with Crippen molar-refractivity contribution in [3.8, 4) is 0 Å². The molecule has 0 saturated carbocycles. The largest absolute Gasteiger partial charge is 0.362 e. The molecule has 0 aromatic carbocycles. The van der Waals surface area contributed by atoms with E-state index in [9.17, 15) is 9.59 Å². The summed E-state index contributed by atoms with van der Waals surface area (Å²) in [5.74, 6) is -0.232. The topological polar surface area (TPSA) is 76.5 Å². The number of nitrogens with one attached hydrogen (secondary N) is 1. The van der Waals surface area contributed by atoms with Crippen LogP contribution in [0.15, 0.2) is 6.07 Å². The number of hydrogen-bond donors (Lipinski definition) is 1. The number of aryl methyl sites for hydroxylation is 2. The normalized spacial score (nSPS) is 21.7. The molecule has 2 amide bonds. The van der Waals surface area contributed by atoms with E-state index in [-0.39, 0.29) is 18.4 Å². The van der Waals surface area contributed by atoms with Crippen molar-refractivity contribution in [2.45, 2.75) is 39.8 Å². The Hall–Kier alpha value is -1.89. The molecule has 7 heteroatoms. The van der Waals surface area contributed by atoms with Crippen LogP contribution >= 0.6 is 0 Å². The fourth-order valence-electron chi connectivity index (χ4n) is 2.64. The van der Waals surface area contributed by atoms with Crippen LogP contribution in [-0.2, 0) is 20.9 Å². The molecule has 22 heavy (non-hydrogen) atoms. The van der Waals surface area contributed by atoms with Gasteiger partial charge in [-0.1, -0.05) is 0 Å². The number of ether oxygens (including phenoxy) is 1. The van der Waals surface area contributed by atoms with Gasteiger partial charge < -0.3 is 15.0 Å². The van der Waals surface area contributed by atoms with Gasteiger partial charge in [0, 0.05) is 25.7 Å². The van der Waals surface area contributed by atoms with Crippen LogP contribution in [0.1, 0.15) is 25.2 Å². The lowest BCUT2D eigenvalue weighted by atomic mass is 10.0. The second-order valence-corrected chi connectivity index (χ2v) is 5.93. The molecule has 1 aromatic heterocycles. The van der Waals surface area contributed by atoms with E-state index in [0.29, 0.717) is 26.2 Å². The summed E-state index contributed by atoms with van der Waals surface area (Å²) in [4.78, 5) is 25.5. The van der Waals surface area contributed by atoms with E-state index in [1.54, 1.807) is 11.8 Å². The number of nitrogens with zero attached hydrogens (tertiary/aromatic N) is 3. The third-order valence-electron chi connectivity index (χ3n) is 3.91. The maximum absolute atomic E-state index is 12.4. The molecule has 122 valence electrons. The molecular formula is C15H24N4O3. The van der Waals surface area contributed by atoms with Crippen LogP contribution in [0.5, 0.6) is 0 Å². The molecule has 1 N–H and O–H groups in total. The number of carbonyl (C=O) groups is 2. The summed E-state index contributed by atoms with van der Waals surface area (Å²) in [5.41, 5.74) is 1.04. The number of carbonyl (C=O) groups excluding carboxylic acids is 2. The van der Waals surface area contributed by atoms with Gasteiger partial charge >= 0.3 is 0 Å². The summed E-state index contributed by atoms with van der Waals surface area (Å²) in [6, 6.07) is 2.00. The average molecular weight is 308 g/mol. The SMILES string of the molecule is CC(=O)N1CCO[C@@](C)(C(=O)NCCn2nc(C)cc2C)C1. The standard InChI is InChI=1S/C15H24N4O3/c1-11-9-12(2)19(17-11)6-5-16-14(21)15(4)10-18(13(3)20)7-8-22-15/h9H,5-8,10H2,1-4H3,(H,16,21)/t15-/m1/s1. The lowest BCUT2D eigenvalue weighted by molar-refractivity contribution is -0.162. The zero-order chi connectivity index (χ0) is 16.3. The van der Waals surface area contributed by atoms with E-state index in [0.717, 1.165) is 11.4 Å². The Balaban J connectivity index is 1.88. The van der Waals surface area contributed by atoms with E-state index in [4.69, 9.17) is 4.74 Å². The van der Waals surface area contributed by atoms with Crippen molar-refractivity contribution in [1.82, 2.24) is 20.0 Å². The van der Waals surface area contributed by atoms with Crippen molar-refractivity contribution in [1.29, 1.82) is 0 Å². The van der Waals surface area contributed by atoms with Gasteiger partial charge in [0.25, 0.3) is 5.91 Å². The Bertz CT molecular complexity index is 569. The minimum absolute atomic E-state index is 0.0371. The van der Waals surface area contributed by atoms with E-state index in [1.807, 2.05) is 24.6 Å². The summed E-state index contributed by atoms with van der Waals surface area (Å²) >= 11 is 0. The van der Waals surface area contributed by atoms with E-state index in [1.165, 1.54) is 6.92 Å². The first-order chi connectivity index (χ1) is 10.3. The highest BCUT2D eigenvalue weighted by Gasteiger charge is 2.39. The third-order valence-corrected chi connectivity index (χ3v) is 3.91. The first kappa shape index (κ1) is 16.5. The number of rotatable bonds is 4. The molecule has 2 heterocycles. The summed E-state index contributed by atoms with van der Waals surface area (Å²) in [5, 5.41) is 7.23. The van der Waals surface area contributed by atoms with Crippen molar-refractivity contribution < 1.29 is 14.3 Å². The molecule has 0 bridgehead atoms. The molecule has 0 aliphatic carbocycles. The summed E-state index contributed by atoms with van der Waals surface area (Å²) in [7, 11) is 0. The fraction of sp³-hybridized carbons (Fsp3) is 0.667. The molecule has 2 rings (SSSR count). The lowest BCUT2D eigenvalue weighted by Gasteiger charge is -2.38. The van der Waals surface area contributed by atoms with E-state index in [2.05, 4.69) is 10.4 Å². The van der Waals surface area contributed by atoms with Gasteiger partial charge in [-0.15, -0.1) is 0 Å². The molecule has 0 unspecified atom stereocenters. The quantitative estimate of drug-likeness (QED) is 0.865. The zero-order valence-corrected chi connectivity index (χ0v) is 13.7. The van der Waals surface area contributed by atoms with Crippen LogP contribution in [-0.4, -0.2) is 58.3 Å². The molecule has 1 fully saturated rings. The second kappa shape index (κ2) is 6.48. The second-order valence-electron chi connectivity index (χ2n) is 5.93. The van der Waals surface area contributed by atoms with Crippen LogP contribution in [0.4, 0.5) is 0 Å². The number of morpholine rings is 1. The highest BCUT2D eigenvalue weighted by molar-refractivity contribution is 5.86. The Kier molecular flexibility index (Phi) is 4.85. The molecule has 0 radical (unpaired) electrons. The third kappa shape index (κ3) is 3.65. The minimum atomic E-state index is -0.987. The van der Waals surface area contributed by atoms with Crippen molar-refractivity contribution in [3.05, 3.63) is 17.5 Å². The molecule has 1 aliphatic rings. The molecule has 0 spiro atoms. The van der Waals surface area contributed by atoms with Crippen LogP contribution in [0.3, 0.4) is 0 Å². The van der Waals surface area contributed by atoms with Gasteiger partial charge in [-0.05, 0) is 26.8 Å². The van der Waals surface area contributed by atoms with Crippen LogP contribution < -0.4 is 5.32 Å².